The zero-order valence-electron chi connectivity index (χ0n) is 14.3. The average molecular weight is 417 g/mol. The first kappa shape index (κ1) is 17.2. The van der Waals surface area contributed by atoms with Gasteiger partial charge in [-0.2, -0.15) is 9.61 Å². The molecular weight excluding hydrogens is 396 g/mol. The van der Waals surface area contributed by atoms with Crippen molar-refractivity contribution in [3.8, 4) is 0 Å². The van der Waals surface area contributed by atoms with E-state index in [-0.39, 0.29) is 18.6 Å². The predicted octanol–water partition coefficient (Wildman–Crippen LogP) is 3.59. The van der Waals surface area contributed by atoms with Gasteiger partial charge in [0.05, 0.1) is 22.6 Å². The lowest BCUT2D eigenvalue weighted by Crippen LogP contribution is -2.34. The van der Waals surface area contributed by atoms with Crippen molar-refractivity contribution >= 4 is 38.9 Å². The lowest BCUT2D eigenvalue weighted by molar-refractivity contribution is 0.178. The Morgan fingerprint density at radius 1 is 1.27 bits per heavy atom. The molecule has 1 saturated carbocycles. The molecule has 0 bridgehead atoms. The van der Waals surface area contributed by atoms with Crippen LogP contribution < -0.4 is 10.6 Å². The number of aromatic nitrogens is 4. The van der Waals surface area contributed by atoms with Crippen molar-refractivity contribution in [2.24, 2.45) is 5.92 Å². The summed E-state index contributed by atoms with van der Waals surface area (Å²) in [4.78, 5) is 8.85. The van der Waals surface area contributed by atoms with Gasteiger partial charge in [-0.05, 0) is 40.9 Å². The topological polar surface area (TPSA) is 87.4 Å². The summed E-state index contributed by atoms with van der Waals surface area (Å²) >= 11 is 3.52. The molecule has 2 atom stereocenters. The SMILES string of the molecule is OC[C@H]1CCCC[C@H]1Nc1cc(Nc2cccnc2)n2ncc(Br)c2n1. The van der Waals surface area contributed by atoms with Gasteiger partial charge in [-0.15, -0.1) is 0 Å². The van der Waals surface area contributed by atoms with E-state index in [9.17, 15) is 5.11 Å². The first-order valence-electron chi connectivity index (χ1n) is 8.83. The maximum Gasteiger partial charge on any atom is 0.173 e. The molecule has 0 radical (unpaired) electrons. The van der Waals surface area contributed by atoms with Crippen molar-refractivity contribution in [3.05, 3.63) is 41.3 Å². The highest BCUT2D eigenvalue weighted by Gasteiger charge is 2.25. The van der Waals surface area contributed by atoms with Gasteiger partial charge in [0.25, 0.3) is 0 Å². The molecule has 8 heteroatoms. The van der Waals surface area contributed by atoms with Crippen LogP contribution in [0.2, 0.25) is 0 Å². The van der Waals surface area contributed by atoms with Gasteiger partial charge in [0.2, 0.25) is 0 Å². The van der Waals surface area contributed by atoms with E-state index in [1.807, 2.05) is 18.2 Å². The fourth-order valence-corrected chi connectivity index (χ4v) is 3.84. The van der Waals surface area contributed by atoms with E-state index in [0.29, 0.717) is 0 Å². The van der Waals surface area contributed by atoms with Gasteiger partial charge in [-0.3, -0.25) is 4.98 Å². The van der Waals surface area contributed by atoms with Crippen LogP contribution in [0.4, 0.5) is 17.3 Å². The maximum atomic E-state index is 9.67. The smallest absolute Gasteiger partial charge is 0.173 e. The number of aliphatic hydroxyl groups excluding tert-OH is 1. The molecule has 1 aliphatic carbocycles. The minimum atomic E-state index is 0.205. The van der Waals surface area contributed by atoms with Crippen molar-refractivity contribution < 1.29 is 5.11 Å². The Labute approximate surface area is 160 Å². The second-order valence-electron chi connectivity index (χ2n) is 6.60. The van der Waals surface area contributed by atoms with Crippen LogP contribution in [0.25, 0.3) is 5.65 Å². The van der Waals surface area contributed by atoms with Crippen LogP contribution >= 0.6 is 15.9 Å². The molecule has 7 nitrogen and oxygen atoms in total. The Hall–Kier alpha value is -2.19. The largest absolute Gasteiger partial charge is 0.396 e. The third-order valence-corrected chi connectivity index (χ3v) is 5.40. The molecule has 4 rings (SSSR count). The highest BCUT2D eigenvalue weighted by Crippen LogP contribution is 2.29. The average Bonchev–Trinajstić information content (AvgIpc) is 3.04. The highest BCUT2D eigenvalue weighted by molar-refractivity contribution is 9.10. The molecule has 0 aromatic carbocycles. The van der Waals surface area contributed by atoms with Crippen molar-refractivity contribution in [1.29, 1.82) is 0 Å². The molecule has 3 aromatic heterocycles. The summed E-state index contributed by atoms with van der Waals surface area (Å²) in [5.74, 6) is 1.84. The van der Waals surface area contributed by atoms with Crippen LogP contribution in [0.15, 0.2) is 41.3 Å². The normalized spacial score (nSPS) is 20.2. The molecule has 0 unspecified atom stereocenters. The summed E-state index contributed by atoms with van der Waals surface area (Å²) in [5, 5.41) is 20.9. The van der Waals surface area contributed by atoms with Gasteiger partial charge in [0, 0.05) is 30.8 Å². The van der Waals surface area contributed by atoms with Crippen molar-refractivity contribution in [2.75, 3.05) is 17.2 Å². The van der Waals surface area contributed by atoms with Crippen molar-refractivity contribution in [1.82, 2.24) is 19.6 Å². The zero-order valence-corrected chi connectivity index (χ0v) is 15.9. The molecule has 3 heterocycles. The van der Waals surface area contributed by atoms with Crippen LogP contribution in [-0.4, -0.2) is 37.3 Å². The third kappa shape index (κ3) is 3.52. The number of fused-ring (bicyclic) bond motifs is 1. The molecule has 3 N–H and O–H groups in total. The first-order chi connectivity index (χ1) is 12.7. The third-order valence-electron chi connectivity index (χ3n) is 4.84. The second kappa shape index (κ2) is 7.59. The number of hydrogen-bond donors (Lipinski definition) is 3. The quantitative estimate of drug-likeness (QED) is 0.588. The number of halogens is 1. The molecule has 0 aliphatic heterocycles. The van der Waals surface area contributed by atoms with Crippen LogP contribution in [0.5, 0.6) is 0 Å². The summed E-state index contributed by atoms with van der Waals surface area (Å²) in [6, 6.07) is 6.01. The van der Waals surface area contributed by atoms with Gasteiger partial charge < -0.3 is 15.7 Å². The summed E-state index contributed by atoms with van der Waals surface area (Å²) in [6.07, 6.45) is 9.68. The monoisotopic (exact) mass is 416 g/mol. The maximum absolute atomic E-state index is 9.67. The molecule has 0 saturated heterocycles. The standard InChI is InChI=1S/C18H21BrN6O/c19-14-10-21-25-17(22-13-5-3-7-20-9-13)8-16(24-18(14)25)23-15-6-2-1-4-12(15)11-26/h3,5,7-10,12,15,22,26H,1-2,4,6,11H2,(H,23,24)/t12-,15-/m1/s1. The molecule has 26 heavy (non-hydrogen) atoms. The molecule has 0 amide bonds. The summed E-state index contributed by atoms with van der Waals surface area (Å²) < 4.78 is 2.59. The molecule has 3 aromatic rings. The fraction of sp³-hybridized carbons (Fsp3) is 0.389. The number of nitrogens with one attached hydrogen (secondary N) is 2. The predicted molar refractivity (Wildman–Crippen MR) is 105 cm³/mol. The Bertz CT molecular complexity index is 884. The number of pyridine rings is 1. The molecule has 0 spiro atoms. The summed E-state index contributed by atoms with van der Waals surface area (Å²) in [6.45, 7) is 0.205. The number of hydrogen-bond acceptors (Lipinski definition) is 6. The summed E-state index contributed by atoms with van der Waals surface area (Å²) in [7, 11) is 0. The van der Waals surface area contributed by atoms with Crippen molar-refractivity contribution in [2.45, 2.75) is 31.7 Å². The van der Waals surface area contributed by atoms with E-state index >= 15 is 0 Å². The van der Waals surface area contributed by atoms with Gasteiger partial charge in [-0.1, -0.05) is 12.8 Å². The Morgan fingerprint density at radius 3 is 2.96 bits per heavy atom. The number of rotatable bonds is 5. The van der Waals surface area contributed by atoms with Crippen LogP contribution in [0.3, 0.4) is 0 Å². The van der Waals surface area contributed by atoms with Gasteiger partial charge >= 0.3 is 0 Å². The number of anilines is 3. The van der Waals surface area contributed by atoms with Gasteiger partial charge in [0.1, 0.15) is 11.6 Å². The zero-order chi connectivity index (χ0) is 17.9. The molecule has 136 valence electrons. The van der Waals surface area contributed by atoms with Gasteiger partial charge in [-0.25, -0.2) is 4.98 Å². The number of aliphatic hydroxyl groups is 1. The van der Waals surface area contributed by atoms with E-state index in [2.05, 4.69) is 36.6 Å². The van der Waals surface area contributed by atoms with E-state index in [4.69, 9.17) is 4.98 Å². The molecule has 1 fully saturated rings. The molecule has 1 aliphatic rings. The first-order valence-corrected chi connectivity index (χ1v) is 9.62. The van der Waals surface area contributed by atoms with Crippen LogP contribution in [-0.2, 0) is 0 Å². The van der Waals surface area contributed by atoms with E-state index in [1.165, 1.54) is 12.8 Å². The second-order valence-corrected chi connectivity index (χ2v) is 7.45. The lowest BCUT2D eigenvalue weighted by atomic mass is 9.85. The molecular formula is C18H21BrN6O. The number of nitrogens with zero attached hydrogens (tertiary/aromatic N) is 4. The highest BCUT2D eigenvalue weighted by atomic mass is 79.9. The Kier molecular flexibility index (Phi) is 5.03. The van der Waals surface area contributed by atoms with E-state index in [1.54, 1.807) is 23.1 Å². The van der Waals surface area contributed by atoms with Gasteiger partial charge in [0.15, 0.2) is 5.65 Å². The Balaban J connectivity index is 1.67. The van der Waals surface area contributed by atoms with Crippen LogP contribution in [0.1, 0.15) is 25.7 Å². The minimum absolute atomic E-state index is 0.205. The Morgan fingerprint density at radius 2 is 2.15 bits per heavy atom. The van der Waals surface area contributed by atoms with E-state index < -0.39 is 0 Å². The van der Waals surface area contributed by atoms with Crippen molar-refractivity contribution in [3.63, 3.8) is 0 Å². The lowest BCUT2D eigenvalue weighted by Gasteiger charge is -2.31. The summed E-state index contributed by atoms with van der Waals surface area (Å²) in [5.41, 5.74) is 1.61. The minimum Gasteiger partial charge on any atom is -0.396 e. The van der Waals surface area contributed by atoms with E-state index in [0.717, 1.165) is 40.3 Å². The van der Waals surface area contributed by atoms with Crippen LogP contribution in [0, 0.1) is 5.92 Å². The fourth-order valence-electron chi connectivity index (χ4n) is 3.49.